The fourth-order valence-electron chi connectivity index (χ4n) is 6.63. The molecule has 0 spiro atoms. The number of carbonyl (C=O) groups excluding carboxylic acids is 2. The van der Waals surface area contributed by atoms with Gasteiger partial charge in [-0.3, -0.25) is 9.69 Å². The molecular weight excluding hydrogens is 352 g/mol. The zero-order chi connectivity index (χ0) is 19.1. The Morgan fingerprint density at radius 2 is 1.50 bits per heavy atom. The molecule has 6 nitrogen and oxygen atoms in total. The lowest BCUT2D eigenvalue weighted by molar-refractivity contribution is -0.134. The van der Waals surface area contributed by atoms with Gasteiger partial charge in [0.25, 0.3) is 0 Å². The molecule has 28 heavy (non-hydrogen) atoms. The standard InChI is InChI=1S/C22H36N4O2/c27-21(16-5-1-2-6-16)25-14-11-18(15-25)24-12-9-17(10-13-24)26-20-8-4-3-7-19(20)23-22(26)28/h16-20H,1-15H2,(H,23,28)/t18?,19-,20-/m1/s1. The number of rotatable bonds is 3. The van der Waals surface area contributed by atoms with Gasteiger partial charge in [-0.2, -0.15) is 0 Å². The maximum absolute atomic E-state index is 12.7. The van der Waals surface area contributed by atoms with Crippen molar-refractivity contribution < 1.29 is 9.59 Å². The number of urea groups is 1. The molecule has 0 aromatic rings. The lowest BCUT2D eigenvalue weighted by Gasteiger charge is -2.42. The van der Waals surface area contributed by atoms with E-state index in [9.17, 15) is 9.59 Å². The van der Waals surface area contributed by atoms with Crippen molar-refractivity contribution in [3.05, 3.63) is 0 Å². The molecule has 0 bridgehead atoms. The molecule has 3 saturated heterocycles. The number of hydrogen-bond donors (Lipinski definition) is 1. The van der Waals surface area contributed by atoms with Gasteiger partial charge in [-0.05, 0) is 44.9 Å². The van der Waals surface area contributed by atoms with Gasteiger partial charge in [0, 0.05) is 44.2 Å². The summed E-state index contributed by atoms with van der Waals surface area (Å²) in [5, 5.41) is 3.24. The zero-order valence-electron chi connectivity index (χ0n) is 17.2. The molecule has 0 aromatic carbocycles. The van der Waals surface area contributed by atoms with Crippen LogP contribution in [0, 0.1) is 5.92 Å². The van der Waals surface area contributed by atoms with E-state index < -0.39 is 0 Å². The van der Waals surface area contributed by atoms with Crippen molar-refractivity contribution in [1.29, 1.82) is 0 Å². The predicted molar refractivity (Wildman–Crippen MR) is 108 cm³/mol. The molecule has 5 rings (SSSR count). The molecule has 3 amide bonds. The van der Waals surface area contributed by atoms with Crippen LogP contribution < -0.4 is 5.32 Å². The number of carbonyl (C=O) groups is 2. The van der Waals surface area contributed by atoms with E-state index >= 15 is 0 Å². The van der Waals surface area contributed by atoms with Crippen molar-refractivity contribution in [3.8, 4) is 0 Å². The van der Waals surface area contributed by atoms with Crippen LogP contribution in [0.25, 0.3) is 0 Å². The molecule has 1 N–H and O–H groups in total. The van der Waals surface area contributed by atoms with Crippen LogP contribution in [-0.4, -0.2) is 77.0 Å². The van der Waals surface area contributed by atoms with Gasteiger partial charge in [0.1, 0.15) is 0 Å². The van der Waals surface area contributed by atoms with E-state index in [2.05, 4.69) is 20.0 Å². The lowest BCUT2D eigenvalue weighted by Crippen LogP contribution is -2.52. The molecule has 6 heteroatoms. The SMILES string of the molecule is O=C(C1CCCC1)N1CCC(N2CCC(N3C(=O)N[C@@H]4CCCC[C@H]43)CC2)C1. The first-order valence-corrected chi connectivity index (χ1v) is 11.8. The molecule has 0 radical (unpaired) electrons. The molecule has 3 heterocycles. The average molecular weight is 389 g/mol. The van der Waals surface area contributed by atoms with E-state index in [-0.39, 0.29) is 6.03 Å². The van der Waals surface area contributed by atoms with Gasteiger partial charge in [0.2, 0.25) is 5.91 Å². The fraction of sp³-hybridized carbons (Fsp3) is 0.909. The minimum absolute atomic E-state index is 0.185. The highest BCUT2D eigenvalue weighted by molar-refractivity contribution is 5.79. The summed E-state index contributed by atoms with van der Waals surface area (Å²) in [6, 6.07) is 1.95. The van der Waals surface area contributed by atoms with E-state index in [1.807, 2.05) is 0 Å². The van der Waals surface area contributed by atoms with Crippen molar-refractivity contribution in [2.45, 2.75) is 94.8 Å². The first-order valence-electron chi connectivity index (χ1n) is 11.8. The van der Waals surface area contributed by atoms with Crippen LogP contribution in [0.3, 0.4) is 0 Å². The second-order valence-corrected chi connectivity index (χ2v) is 9.79. The number of nitrogens with one attached hydrogen (secondary N) is 1. The summed E-state index contributed by atoms with van der Waals surface area (Å²) in [5.41, 5.74) is 0. The topological polar surface area (TPSA) is 55.9 Å². The zero-order valence-corrected chi connectivity index (χ0v) is 17.2. The van der Waals surface area contributed by atoms with Crippen LogP contribution in [0.5, 0.6) is 0 Å². The number of nitrogens with zero attached hydrogens (tertiary/aromatic N) is 3. The fourth-order valence-corrected chi connectivity index (χ4v) is 6.63. The Hall–Kier alpha value is -1.30. The molecule has 3 atom stereocenters. The molecule has 5 aliphatic rings. The van der Waals surface area contributed by atoms with Crippen LogP contribution in [0.15, 0.2) is 0 Å². The normalized spacial score (nSPS) is 35.4. The van der Waals surface area contributed by atoms with Crippen molar-refractivity contribution in [2.24, 2.45) is 5.92 Å². The van der Waals surface area contributed by atoms with E-state index in [0.29, 0.717) is 36.0 Å². The Labute approximate surface area is 169 Å². The lowest BCUT2D eigenvalue weighted by atomic mass is 9.89. The van der Waals surface area contributed by atoms with Gasteiger partial charge < -0.3 is 15.1 Å². The van der Waals surface area contributed by atoms with Crippen LogP contribution >= 0.6 is 0 Å². The minimum atomic E-state index is 0.185. The van der Waals surface area contributed by atoms with Gasteiger partial charge in [-0.15, -0.1) is 0 Å². The van der Waals surface area contributed by atoms with Crippen molar-refractivity contribution in [1.82, 2.24) is 20.0 Å². The summed E-state index contributed by atoms with van der Waals surface area (Å²) >= 11 is 0. The molecule has 1 unspecified atom stereocenters. The Morgan fingerprint density at radius 3 is 2.29 bits per heavy atom. The Kier molecular flexibility index (Phi) is 5.24. The van der Waals surface area contributed by atoms with E-state index in [1.165, 1.54) is 32.1 Å². The van der Waals surface area contributed by atoms with Gasteiger partial charge in [-0.1, -0.05) is 25.7 Å². The molecule has 0 aromatic heterocycles. The van der Waals surface area contributed by atoms with Crippen LogP contribution in [0.1, 0.15) is 70.6 Å². The summed E-state index contributed by atoms with van der Waals surface area (Å²) < 4.78 is 0. The number of amides is 3. The first kappa shape index (κ1) is 18.7. The second-order valence-electron chi connectivity index (χ2n) is 9.79. The van der Waals surface area contributed by atoms with E-state index in [0.717, 1.165) is 64.7 Å². The number of likely N-dealkylation sites (tertiary alicyclic amines) is 2. The van der Waals surface area contributed by atoms with Crippen molar-refractivity contribution >= 4 is 11.9 Å². The van der Waals surface area contributed by atoms with Gasteiger partial charge in [0.15, 0.2) is 0 Å². The maximum Gasteiger partial charge on any atom is 0.318 e. The van der Waals surface area contributed by atoms with E-state index in [1.54, 1.807) is 0 Å². The van der Waals surface area contributed by atoms with Gasteiger partial charge in [-0.25, -0.2) is 4.79 Å². The second kappa shape index (κ2) is 7.85. The highest BCUT2D eigenvalue weighted by atomic mass is 16.2. The average Bonchev–Trinajstić information content (AvgIpc) is 3.47. The quantitative estimate of drug-likeness (QED) is 0.808. The van der Waals surface area contributed by atoms with Gasteiger partial charge >= 0.3 is 6.03 Å². The predicted octanol–water partition coefficient (Wildman–Crippen LogP) is 2.58. The third-order valence-corrected chi connectivity index (χ3v) is 8.22. The van der Waals surface area contributed by atoms with Crippen molar-refractivity contribution in [3.63, 3.8) is 0 Å². The molecular formula is C22H36N4O2. The third-order valence-electron chi connectivity index (χ3n) is 8.22. The number of fused-ring (bicyclic) bond motifs is 1. The first-order chi connectivity index (χ1) is 13.7. The summed E-state index contributed by atoms with van der Waals surface area (Å²) in [5.74, 6) is 0.730. The number of piperidine rings is 1. The van der Waals surface area contributed by atoms with Crippen LogP contribution in [0.4, 0.5) is 4.79 Å². The van der Waals surface area contributed by atoms with Crippen molar-refractivity contribution in [2.75, 3.05) is 26.2 Å². The highest BCUT2D eigenvalue weighted by Gasteiger charge is 2.45. The summed E-state index contributed by atoms with van der Waals surface area (Å²) in [4.78, 5) is 32.3. The molecule has 2 saturated carbocycles. The van der Waals surface area contributed by atoms with Crippen LogP contribution in [0.2, 0.25) is 0 Å². The van der Waals surface area contributed by atoms with Crippen LogP contribution in [-0.2, 0) is 4.79 Å². The highest BCUT2D eigenvalue weighted by Crippen LogP contribution is 2.33. The molecule has 5 fully saturated rings. The molecule has 2 aliphatic carbocycles. The summed E-state index contributed by atoms with van der Waals surface area (Å²) in [7, 11) is 0. The molecule has 3 aliphatic heterocycles. The summed E-state index contributed by atoms with van der Waals surface area (Å²) in [6.45, 7) is 4.01. The minimum Gasteiger partial charge on any atom is -0.341 e. The molecule has 156 valence electrons. The van der Waals surface area contributed by atoms with Gasteiger partial charge in [0.05, 0.1) is 12.1 Å². The smallest absolute Gasteiger partial charge is 0.318 e. The largest absolute Gasteiger partial charge is 0.341 e. The Morgan fingerprint density at radius 1 is 0.821 bits per heavy atom. The third kappa shape index (κ3) is 3.42. The number of hydrogen-bond acceptors (Lipinski definition) is 3. The Bertz CT molecular complexity index is 597. The Balaban J connectivity index is 1.13. The maximum atomic E-state index is 12.7. The van der Waals surface area contributed by atoms with E-state index in [4.69, 9.17) is 0 Å². The monoisotopic (exact) mass is 388 g/mol. The summed E-state index contributed by atoms with van der Waals surface area (Å²) in [6.07, 6.45) is 12.8.